The predicted molar refractivity (Wildman–Crippen MR) is 62.5 cm³/mol. The molecule has 1 aromatic heterocycles. The lowest BCUT2D eigenvalue weighted by molar-refractivity contribution is -0.137. The van der Waals surface area contributed by atoms with Gasteiger partial charge in [0.1, 0.15) is 0 Å². The van der Waals surface area contributed by atoms with Gasteiger partial charge in [-0.1, -0.05) is 23.7 Å². The largest absolute Gasteiger partial charge is 0.417 e. The SMILES string of the molecule is O=c1cc[nH]c(-c2cccc(C(F)(F)F)c2Cl)c1. The van der Waals surface area contributed by atoms with Gasteiger partial charge < -0.3 is 4.98 Å². The summed E-state index contributed by atoms with van der Waals surface area (Å²) < 4.78 is 38.0. The number of halogens is 4. The van der Waals surface area contributed by atoms with E-state index in [2.05, 4.69) is 4.98 Å². The van der Waals surface area contributed by atoms with Gasteiger partial charge in [0.05, 0.1) is 16.3 Å². The van der Waals surface area contributed by atoms with Gasteiger partial charge in [-0.3, -0.25) is 4.79 Å². The van der Waals surface area contributed by atoms with Crippen LogP contribution in [0.2, 0.25) is 5.02 Å². The van der Waals surface area contributed by atoms with Crippen LogP contribution in [0.25, 0.3) is 11.3 Å². The van der Waals surface area contributed by atoms with Crippen molar-refractivity contribution in [2.24, 2.45) is 0 Å². The Morgan fingerprint density at radius 3 is 2.50 bits per heavy atom. The van der Waals surface area contributed by atoms with Crippen LogP contribution in [0.4, 0.5) is 13.2 Å². The maximum absolute atomic E-state index is 12.7. The fourth-order valence-corrected chi connectivity index (χ4v) is 1.89. The molecule has 0 unspecified atom stereocenters. The number of hydrogen-bond donors (Lipinski definition) is 1. The highest BCUT2D eigenvalue weighted by Gasteiger charge is 2.34. The molecule has 1 heterocycles. The van der Waals surface area contributed by atoms with Crippen molar-refractivity contribution in [2.45, 2.75) is 6.18 Å². The van der Waals surface area contributed by atoms with Crippen LogP contribution >= 0.6 is 11.6 Å². The molecule has 0 aliphatic rings. The topological polar surface area (TPSA) is 32.9 Å². The third kappa shape index (κ3) is 2.41. The minimum atomic E-state index is -4.53. The number of hydrogen-bond acceptors (Lipinski definition) is 1. The fraction of sp³-hybridized carbons (Fsp3) is 0.0833. The molecule has 2 nitrogen and oxygen atoms in total. The molecule has 0 saturated heterocycles. The van der Waals surface area contributed by atoms with E-state index >= 15 is 0 Å². The number of aromatic nitrogens is 1. The first-order chi connectivity index (χ1) is 8.39. The van der Waals surface area contributed by atoms with Gasteiger partial charge in [0.25, 0.3) is 0 Å². The van der Waals surface area contributed by atoms with Crippen LogP contribution in [0, 0.1) is 0 Å². The third-order valence-electron chi connectivity index (χ3n) is 2.37. The van der Waals surface area contributed by atoms with Gasteiger partial charge in [0, 0.05) is 23.9 Å². The fourth-order valence-electron chi connectivity index (χ4n) is 1.56. The van der Waals surface area contributed by atoms with Crippen LogP contribution in [-0.2, 0) is 6.18 Å². The lowest BCUT2D eigenvalue weighted by Crippen LogP contribution is -2.07. The molecule has 94 valence electrons. The van der Waals surface area contributed by atoms with Crippen molar-refractivity contribution < 1.29 is 13.2 Å². The molecule has 6 heteroatoms. The third-order valence-corrected chi connectivity index (χ3v) is 2.77. The zero-order chi connectivity index (χ0) is 13.3. The molecular weight excluding hydrogens is 267 g/mol. The maximum atomic E-state index is 12.7. The second-order valence-corrected chi connectivity index (χ2v) is 3.98. The summed E-state index contributed by atoms with van der Waals surface area (Å²) in [4.78, 5) is 13.9. The number of rotatable bonds is 1. The Morgan fingerprint density at radius 1 is 1.17 bits per heavy atom. The Kier molecular flexibility index (Phi) is 3.17. The first-order valence-electron chi connectivity index (χ1n) is 4.94. The summed E-state index contributed by atoms with van der Waals surface area (Å²) in [6.45, 7) is 0. The van der Waals surface area contributed by atoms with E-state index in [-0.39, 0.29) is 16.7 Å². The number of nitrogens with one attached hydrogen (secondary N) is 1. The summed E-state index contributed by atoms with van der Waals surface area (Å²) in [5.41, 5.74) is -0.841. The van der Waals surface area contributed by atoms with Crippen molar-refractivity contribution in [1.82, 2.24) is 4.98 Å². The van der Waals surface area contributed by atoms with E-state index in [0.717, 1.165) is 6.07 Å². The molecule has 1 N–H and O–H groups in total. The van der Waals surface area contributed by atoms with Gasteiger partial charge in [-0.15, -0.1) is 0 Å². The van der Waals surface area contributed by atoms with Crippen LogP contribution in [0.5, 0.6) is 0 Å². The highest BCUT2D eigenvalue weighted by atomic mass is 35.5. The highest BCUT2D eigenvalue weighted by molar-refractivity contribution is 6.34. The van der Waals surface area contributed by atoms with Crippen molar-refractivity contribution in [3.8, 4) is 11.3 Å². The number of aromatic amines is 1. The Labute approximate surface area is 105 Å². The molecule has 0 spiro atoms. The minimum absolute atomic E-state index is 0.143. The summed E-state index contributed by atoms with van der Waals surface area (Å²) in [7, 11) is 0. The molecule has 0 bridgehead atoms. The Bertz CT molecular complexity index is 634. The van der Waals surface area contributed by atoms with Crippen molar-refractivity contribution in [2.75, 3.05) is 0 Å². The quantitative estimate of drug-likeness (QED) is 0.844. The van der Waals surface area contributed by atoms with Crippen LogP contribution in [-0.4, -0.2) is 4.98 Å². The number of H-pyrrole nitrogens is 1. The average Bonchev–Trinajstić information content (AvgIpc) is 2.27. The van der Waals surface area contributed by atoms with Gasteiger partial charge in [0.15, 0.2) is 5.43 Å². The molecule has 0 radical (unpaired) electrons. The van der Waals surface area contributed by atoms with Crippen molar-refractivity contribution in [1.29, 1.82) is 0 Å². The summed E-state index contributed by atoms with van der Waals surface area (Å²) in [5, 5.41) is -0.424. The number of alkyl halides is 3. The monoisotopic (exact) mass is 273 g/mol. The number of benzene rings is 1. The second kappa shape index (κ2) is 4.49. The second-order valence-electron chi connectivity index (χ2n) is 3.60. The molecule has 1 aromatic carbocycles. The predicted octanol–water partition coefficient (Wildman–Crippen LogP) is 3.71. The minimum Gasteiger partial charge on any atom is -0.361 e. The molecule has 2 aromatic rings. The summed E-state index contributed by atoms with van der Waals surface area (Å²) in [6, 6.07) is 6.03. The average molecular weight is 274 g/mol. The lowest BCUT2D eigenvalue weighted by Gasteiger charge is -2.12. The van der Waals surface area contributed by atoms with Crippen LogP contribution < -0.4 is 5.43 Å². The Morgan fingerprint density at radius 2 is 1.89 bits per heavy atom. The Hall–Kier alpha value is -1.75. The normalized spacial score (nSPS) is 11.6. The van der Waals surface area contributed by atoms with Gasteiger partial charge in [-0.05, 0) is 6.07 Å². The summed E-state index contributed by atoms with van der Waals surface area (Å²) >= 11 is 5.74. The van der Waals surface area contributed by atoms with Crippen molar-refractivity contribution >= 4 is 11.6 Å². The van der Waals surface area contributed by atoms with Crippen LogP contribution in [0.3, 0.4) is 0 Å². The van der Waals surface area contributed by atoms with E-state index in [4.69, 9.17) is 11.6 Å². The first-order valence-corrected chi connectivity index (χ1v) is 5.32. The van der Waals surface area contributed by atoms with Gasteiger partial charge in [-0.25, -0.2) is 0 Å². The molecular formula is C12H7ClF3NO. The molecule has 0 amide bonds. The van der Waals surface area contributed by atoms with E-state index < -0.39 is 16.8 Å². The molecule has 18 heavy (non-hydrogen) atoms. The van der Waals surface area contributed by atoms with E-state index in [1.54, 1.807) is 0 Å². The van der Waals surface area contributed by atoms with Gasteiger partial charge in [-0.2, -0.15) is 13.2 Å². The van der Waals surface area contributed by atoms with Crippen molar-refractivity contribution in [3.05, 3.63) is 57.3 Å². The zero-order valence-corrected chi connectivity index (χ0v) is 9.64. The van der Waals surface area contributed by atoms with Crippen molar-refractivity contribution in [3.63, 3.8) is 0 Å². The molecule has 0 fully saturated rings. The maximum Gasteiger partial charge on any atom is 0.417 e. The first kappa shape index (κ1) is 12.7. The van der Waals surface area contributed by atoms with E-state index in [1.807, 2.05) is 0 Å². The number of pyridine rings is 1. The summed E-state index contributed by atoms with van der Waals surface area (Å²) in [6.07, 6.45) is -3.17. The smallest absolute Gasteiger partial charge is 0.361 e. The molecule has 0 aliphatic carbocycles. The van der Waals surface area contributed by atoms with E-state index in [9.17, 15) is 18.0 Å². The molecule has 2 rings (SSSR count). The summed E-state index contributed by atoms with van der Waals surface area (Å²) in [5.74, 6) is 0. The van der Waals surface area contributed by atoms with Gasteiger partial charge in [0.2, 0.25) is 0 Å². The molecule has 0 atom stereocenters. The highest BCUT2D eigenvalue weighted by Crippen LogP contribution is 2.38. The standard InChI is InChI=1S/C12H7ClF3NO/c13-11-8(10-6-7(18)4-5-17-10)2-1-3-9(11)12(14,15)16/h1-6H,(H,17,18). The van der Waals surface area contributed by atoms with E-state index in [1.165, 1.54) is 30.5 Å². The van der Waals surface area contributed by atoms with Crippen LogP contribution in [0.1, 0.15) is 5.56 Å². The molecule has 0 saturated carbocycles. The van der Waals surface area contributed by atoms with Gasteiger partial charge >= 0.3 is 6.18 Å². The molecule has 0 aliphatic heterocycles. The van der Waals surface area contributed by atoms with Crippen LogP contribution in [0.15, 0.2) is 41.3 Å². The lowest BCUT2D eigenvalue weighted by atomic mass is 10.1. The Balaban J connectivity index is 2.64. The zero-order valence-electron chi connectivity index (χ0n) is 8.88. The van der Waals surface area contributed by atoms with E-state index in [0.29, 0.717) is 0 Å².